The van der Waals surface area contributed by atoms with Gasteiger partial charge < -0.3 is 24.5 Å². The van der Waals surface area contributed by atoms with Gasteiger partial charge in [-0.1, -0.05) is 24.3 Å². The van der Waals surface area contributed by atoms with Crippen molar-refractivity contribution in [1.29, 1.82) is 0 Å². The summed E-state index contributed by atoms with van der Waals surface area (Å²) in [6.45, 7) is 1.94. The van der Waals surface area contributed by atoms with E-state index in [4.69, 9.17) is 14.2 Å². The fraction of sp³-hybridized carbons (Fsp3) is 0.231. The maximum absolute atomic E-state index is 13.4. The summed E-state index contributed by atoms with van der Waals surface area (Å²) < 4.78 is 56.6. The number of fused-ring (bicyclic) bond motifs is 1. The fourth-order valence-corrected chi connectivity index (χ4v) is 4.21. The Morgan fingerprint density at radius 3 is 2.15 bits per heavy atom. The summed E-state index contributed by atoms with van der Waals surface area (Å²) in [4.78, 5) is 3.37. The number of ether oxygens (including phenoxy) is 3. The Bertz CT molecular complexity index is 1290. The van der Waals surface area contributed by atoms with Crippen molar-refractivity contribution in [3.63, 3.8) is 0 Å². The molecule has 178 valence electrons. The Hall–Kier alpha value is -3.81. The van der Waals surface area contributed by atoms with Crippen molar-refractivity contribution in [2.75, 3.05) is 26.6 Å². The number of alkyl halides is 3. The molecule has 1 atom stereocenters. The molecule has 8 heteroatoms. The molecule has 0 aliphatic carbocycles. The zero-order chi connectivity index (χ0) is 24.5. The van der Waals surface area contributed by atoms with Crippen molar-refractivity contribution >= 4 is 16.6 Å². The third-order valence-corrected chi connectivity index (χ3v) is 5.75. The summed E-state index contributed by atoms with van der Waals surface area (Å²) in [6.07, 6.45) is -4.45. The second-order valence-electron chi connectivity index (χ2n) is 7.82. The van der Waals surface area contributed by atoms with Crippen LogP contribution in [0.2, 0.25) is 0 Å². The van der Waals surface area contributed by atoms with Crippen molar-refractivity contribution in [2.45, 2.75) is 19.1 Å². The molecule has 0 radical (unpaired) electrons. The molecule has 0 fully saturated rings. The number of benzene rings is 3. The summed E-state index contributed by atoms with van der Waals surface area (Å²) in [5.74, 6) is 1.33. The number of methoxy groups -OCH3 is 3. The minimum absolute atomic E-state index is 0.332. The number of aromatic nitrogens is 1. The van der Waals surface area contributed by atoms with Crippen LogP contribution < -0.4 is 19.5 Å². The molecule has 2 N–H and O–H groups in total. The predicted octanol–water partition coefficient (Wildman–Crippen LogP) is 6.72. The highest BCUT2D eigenvalue weighted by Gasteiger charge is 2.31. The minimum atomic E-state index is -4.45. The highest BCUT2D eigenvalue weighted by molar-refractivity contribution is 5.86. The number of para-hydroxylation sites is 1. The van der Waals surface area contributed by atoms with E-state index in [0.717, 1.165) is 39.9 Å². The number of anilines is 1. The SMILES string of the molecule is COc1cc(C(Nc2cccc(C(F)(F)F)c2)c2c(C)[nH]c3ccccc23)cc(OC)c1OC. The molecular weight excluding hydrogens is 445 g/mol. The maximum Gasteiger partial charge on any atom is 0.416 e. The molecule has 5 nitrogen and oxygen atoms in total. The molecule has 0 amide bonds. The van der Waals surface area contributed by atoms with E-state index in [9.17, 15) is 13.2 Å². The molecule has 1 unspecified atom stereocenters. The van der Waals surface area contributed by atoms with E-state index < -0.39 is 17.8 Å². The van der Waals surface area contributed by atoms with E-state index in [1.54, 1.807) is 18.2 Å². The average Bonchev–Trinajstić information content (AvgIpc) is 3.16. The van der Waals surface area contributed by atoms with Gasteiger partial charge in [0.25, 0.3) is 0 Å². The number of H-pyrrole nitrogens is 1. The lowest BCUT2D eigenvalue weighted by atomic mass is 9.94. The van der Waals surface area contributed by atoms with Crippen LogP contribution in [0.1, 0.15) is 28.4 Å². The summed E-state index contributed by atoms with van der Waals surface area (Å²) >= 11 is 0. The highest BCUT2D eigenvalue weighted by Crippen LogP contribution is 2.43. The van der Waals surface area contributed by atoms with E-state index in [2.05, 4.69) is 10.3 Å². The first kappa shape index (κ1) is 23.4. The van der Waals surface area contributed by atoms with Gasteiger partial charge in [0.2, 0.25) is 5.75 Å². The van der Waals surface area contributed by atoms with Gasteiger partial charge in [-0.25, -0.2) is 0 Å². The summed E-state index contributed by atoms with van der Waals surface area (Å²) in [6, 6.07) is 16.0. The first-order valence-corrected chi connectivity index (χ1v) is 10.6. The predicted molar refractivity (Wildman–Crippen MR) is 126 cm³/mol. The second kappa shape index (κ2) is 9.21. The molecule has 1 aromatic heterocycles. The van der Waals surface area contributed by atoms with Gasteiger partial charge in [-0.15, -0.1) is 0 Å². The van der Waals surface area contributed by atoms with Crippen LogP contribution in [0.3, 0.4) is 0 Å². The third kappa shape index (κ3) is 4.35. The second-order valence-corrected chi connectivity index (χ2v) is 7.82. The molecule has 4 aromatic rings. The Morgan fingerprint density at radius 1 is 0.853 bits per heavy atom. The first-order chi connectivity index (χ1) is 16.3. The molecule has 34 heavy (non-hydrogen) atoms. The highest BCUT2D eigenvalue weighted by atomic mass is 19.4. The maximum atomic E-state index is 13.4. The Labute approximate surface area is 195 Å². The Morgan fingerprint density at radius 2 is 1.53 bits per heavy atom. The van der Waals surface area contributed by atoms with Gasteiger partial charge in [-0.2, -0.15) is 13.2 Å². The number of aryl methyl sites for hydroxylation is 1. The molecule has 0 spiro atoms. The van der Waals surface area contributed by atoms with Gasteiger partial charge in [0.1, 0.15) is 0 Å². The topological polar surface area (TPSA) is 55.5 Å². The van der Waals surface area contributed by atoms with Crippen molar-refractivity contribution < 1.29 is 27.4 Å². The number of hydrogen-bond donors (Lipinski definition) is 2. The molecule has 0 aliphatic rings. The standard InChI is InChI=1S/C26H25F3N2O3/c1-15-23(19-10-5-6-11-20(19)30-15)24(31-18-9-7-8-17(14-18)26(27,28)29)16-12-21(32-2)25(34-4)22(13-16)33-3/h5-14,24,30-31H,1-4H3. The van der Waals surface area contributed by atoms with Crippen LogP contribution in [0, 0.1) is 6.92 Å². The van der Waals surface area contributed by atoms with Crippen molar-refractivity contribution in [2.24, 2.45) is 0 Å². The van der Waals surface area contributed by atoms with Crippen LogP contribution in [-0.2, 0) is 6.18 Å². The van der Waals surface area contributed by atoms with Gasteiger partial charge >= 0.3 is 6.18 Å². The van der Waals surface area contributed by atoms with Crippen LogP contribution >= 0.6 is 0 Å². The minimum Gasteiger partial charge on any atom is -0.493 e. The lowest BCUT2D eigenvalue weighted by molar-refractivity contribution is -0.137. The van der Waals surface area contributed by atoms with Crippen molar-refractivity contribution in [3.8, 4) is 17.2 Å². The normalized spacial score (nSPS) is 12.4. The molecular formula is C26H25F3N2O3. The van der Waals surface area contributed by atoms with Crippen molar-refractivity contribution in [1.82, 2.24) is 4.98 Å². The van der Waals surface area contributed by atoms with E-state index in [1.807, 2.05) is 31.2 Å². The summed E-state index contributed by atoms with van der Waals surface area (Å²) in [7, 11) is 4.56. The zero-order valence-electron chi connectivity index (χ0n) is 19.2. The number of rotatable bonds is 7. The van der Waals surface area contributed by atoms with Crippen LogP contribution in [0.15, 0.2) is 60.7 Å². The largest absolute Gasteiger partial charge is 0.493 e. The number of aromatic amines is 1. The summed E-state index contributed by atoms with van der Waals surface area (Å²) in [5, 5.41) is 4.27. The van der Waals surface area contributed by atoms with Gasteiger partial charge in [-0.3, -0.25) is 0 Å². The zero-order valence-corrected chi connectivity index (χ0v) is 19.2. The lowest BCUT2D eigenvalue weighted by Gasteiger charge is -2.24. The van der Waals surface area contributed by atoms with Gasteiger partial charge in [-0.05, 0) is 48.9 Å². The van der Waals surface area contributed by atoms with E-state index in [0.29, 0.717) is 22.9 Å². The van der Waals surface area contributed by atoms with E-state index in [-0.39, 0.29) is 0 Å². The Balaban J connectivity index is 1.92. The number of halogens is 3. The summed E-state index contributed by atoms with van der Waals surface area (Å²) in [5.41, 5.74) is 3.06. The van der Waals surface area contributed by atoms with Crippen LogP contribution in [0.4, 0.5) is 18.9 Å². The number of hydrogen-bond acceptors (Lipinski definition) is 4. The molecule has 0 aliphatic heterocycles. The smallest absolute Gasteiger partial charge is 0.416 e. The number of nitrogens with one attached hydrogen (secondary N) is 2. The van der Waals surface area contributed by atoms with Crippen molar-refractivity contribution in [3.05, 3.63) is 83.0 Å². The van der Waals surface area contributed by atoms with Gasteiger partial charge in [0.05, 0.1) is 32.9 Å². The monoisotopic (exact) mass is 470 g/mol. The quantitative estimate of drug-likeness (QED) is 0.315. The fourth-order valence-electron chi connectivity index (χ4n) is 4.21. The van der Waals surface area contributed by atoms with Crippen LogP contribution in [-0.4, -0.2) is 26.3 Å². The molecule has 0 saturated heterocycles. The Kier molecular flexibility index (Phi) is 6.32. The first-order valence-electron chi connectivity index (χ1n) is 10.6. The van der Waals surface area contributed by atoms with Gasteiger partial charge in [0, 0.05) is 27.8 Å². The molecule has 4 rings (SSSR count). The van der Waals surface area contributed by atoms with E-state index >= 15 is 0 Å². The molecule has 1 heterocycles. The molecule has 3 aromatic carbocycles. The molecule has 0 bridgehead atoms. The van der Waals surface area contributed by atoms with E-state index in [1.165, 1.54) is 27.4 Å². The van der Waals surface area contributed by atoms with Crippen LogP contribution in [0.25, 0.3) is 10.9 Å². The average molecular weight is 470 g/mol. The van der Waals surface area contributed by atoms with Crippen LogP contribution in [0.5, 0.6) is 17.2 Å². The van der Waals surface area contributed by atoms with Gasteiger partial charge in [0.15, 0.2) is 11.5 Å². The third-order valence-electron chi connectivity index (χ3n) is 5.75. The lowest BCUT2D eigenvalue weighted by Crippen LogP contribution is -2.15. The molecule has 0 saturated carbocycles.